The number of amides is 2. The van der Waals surface area contributed by atoms with E-state index in [1.54, 1.807) is 54.6 Å². The van der Waals surface area contributed by atoms with Crippen molar-refractivity contribution in [2.45, 2.75) is 12.5 Å². The second-order valence-corrected chi connectivity index (χ2v) is 6.42. The van der Waals surface area contributed by atoms with Gasteiger partial charge >= 0.3 is 5.97 Å². The lowest BCUT2D eigenvalue weighted by Crippen LogP contribution is -2.45. The molecule has 1 unspecified atom stereocenters. The van der Waals surface area contributed by atoms with Gasteiger partial charge in [0, 0.05) is 11.1 Å². The zero-order valence-electron chi connectivity index (χ0n) is 15.7. The van der Waals surface area contributed by atoms with Crippen molar-refractivity contribution in [3.63, 3.8) is 0 Å². The summed E-state index contributed by atoms with van der Waals surface area (Å²) < 4.78 is 0. The van der Waals surface area contributed by atoms with Gasteiger partial charge in [-0.05, 0) is 5.56 Å². The van der Waals surface area contributed by atoms with Gasteiger partial charge in [0.25, 0.3) is 11.5 Å². The molecule has 1 atom stereocenters. The standard InChI is InChI=1S/C21H18N4O5/c22-15(26)11-14(21(29)30)23-19(27)17-16(12-7-3-1-4-8-12)18(24-25-20(17)28)13-9-5-2-6-10-13/h1-10,14H,11H2,(H2,22,26)(H,23,27)(H,25,28)(H,29,30). The van der Waals surface area contributed by atoms with Gasteiger partial charge in [-0.3, -0.25) is 14.4 Å². The van der Waals surface area contributed by atoms with E-state index in [9.17, 15) is 24.3 Å². The maximum absolute atomic E-state index is 13.0. The highest BCUT2D eigenvalue weighted by Gasteiger charge is 2.28. The molecule has 5 N–H and O–H groups in total. The monoisotopic (exact) mass is 406 g/mol. The smallest absolute Gasteiger partial charge is 0.326 e. The molecule has 0 spiro atoms. The zero-order valence-corrected chi connectivity index (χ0v) is 15.7. The van der Waals surface area contributed by atoms with Crippen LogP contribution in [-0.2, 0) is 9.59 Å². The van der Waals surface area contributed by atoms with Crippen LogP contribution in [0.3, 0.4) is 0 Å². The van der Waals surface area contributed by atoms with Gasteiger partial charge in [0.2, 0.25) is 5.91 Å². The number of hydrogen-bond donors (Lipinski definition) is 4. The number of aromatic amines is 1. The molecule has 2 aromatic carbocycles. The van der Waals surface area contributed by atoms with Crippen molar-refractivity contribution in [3.05, 3.63) is 76.6 Å². The van der Waals surface area contributed by atoms with Crippen LogP contribution in [0.1, 0.15) is 16.8 Å². The van der Waals surface area contributed by atoms with Crippen molar-refractivity contribution >= 4 is 17.8 Å². The molecular formula is C21H18N4O5. The van der Waals surface area contributed by atoms with Crippen LogP contribution in [0.2, 0.25) is 0 Å². The molecule has 0 radical (unpaired) electrons. The van der Waals surface area contributed by atoms with E-state index in [-0.39, 0.29) is 11.1 Å². The van der Waals surface area contributed by atoms with Gasteiger partial charge in [0.15, 0.2) is 0 Å². The SMILES string of the molecule is NC(=O)CC(NC(=O)c1c(-c2ccccc2)c(-c2ccccc2)n[nH]c1=O)C(=O)O. The Morgan fingerprint density at radius 2 is 1.57 bits per heavy atom. The van der Waals surface area contributed by atoms with Crippen molar-refractivity contribution in [2.24, 2.45) is 5.73 Å². The van der Waals surface area contributed by atoms with E-state index in [2.05, 4.69) is 15.5 Å². The Kier molecular flexibility index (Phi) is 6.02. The highest BCUT2D eigenvalue weighted by molar-refractivity contribution is 6.05. The number of hydrogen-bond acceptors (Lipinski definition) is 5. The Hall–Kier alpha value is -4.27. The molecule has 1 heterocycles. The number of nitrogens with two attached hydrogens (primary N) is 1. The number of primary amides is 1. The van der Waals surface area contributed by atoms with E-state index in [1.807, 2.05) is 6.07 Å². The second kappa shape index (κ2) is 8.82. The fourth-order valence-corrected chi connectivity index (χ4v) is 2.99. The summed E-state index contributed by atoms with van der Waals surface area (Å²) in [7, 11) is 0. The van der Waals surface area contributed by atoms with Crippen molar-refractivity contribution in [1.29, 1.82) is 0 Å². The molecule has 0 aliphatic heterocycles. The quantitative estimate of drug-likeness (QED) is 0.461. The summed E-state index contributed by atoms with van der Waals surface area (Å²) in [5.41, 5.74) is 5.73. The summed E-state index contributed by atoms with van der Waals surface area (Å²) >= 11 is 0. The Balaban J connectivity index is 2.18. The lowest BCUT2D eigenvalue weighted by atomic mass is 9.95. The first-order chi connectivity index (χ1) is 14.4. The third-order valence-corrected chi connectivity index (χ3v) is 4.33. The van der Waals surface area contributed by atoms with E-state index < -0.39 is 35.8 Å². The number of carbonyl (C=O) groups is 3. The first kappa shape index (κ1) is 20.5. The summed E-state index contributed by atoms with van der Waals surface area (Å²) in [5.74, 6) is -3.31. The van der Waals surface area contributed by atoms with E-state index in [0.717, 1.165) is 0 Å². The number of benzene rings is 2. The molecule has 1 aromatic heterocycles. The Labute approximate surface area is 170 Å². The van der Waals surface area contributed by atoms with E-state index in [0.29, 0.717) is 16.8 Å². The molecule has 0 saturated carbocycles. The number of aromatic nitrogens is 2. The predicted molar refractivity (Wildman–Crippen MR) is 108 cm³/mol. The maximum atomic E-state index is 13.0. The normalized spacial score (nSPS) is 11.5. The molecule has 9 nitrogen and oxygen atoms in total. The van der Waals surface area contributed by atoms with Crippen molar-refractivity contribution in [1.82, 2.24) is 15.5 Å². The van der Waals surface area contributed by atoms with Gasteiger partial charge in [-0.2, -0.15) is 5.10 Å². The van der Waals surface area contributed by atoms with Gasteiger partial charge < -0.3 is 16.2 Å². The molecule has 152 valence electrons. The number of carboxylic acids is 1. The van der Waals surface area contributed by atoms with Crippen LogP contribution in [0.5, 0.6) is 0 Å². The fourth-order valence-electron chi connectivity index (χ4n) is 2.99. The predicted octanol–water partition coefficient (Wildman–Crippen LogP) is 1.16. The minimum Gasteiger partial charge on any atom is -0.480 e. The topological polar surface area (TPSA) is 155 Å². The van der Waals surface area contributed by atoms with Gasteiger partial charge in [-0.25, -0.2) is 9.89 Å². The number of rotatable bonds is 7. The third kappa shape index (κ3) is 4.41. The molecule has 0 bridgehead atoms. The number of nitrogens with zero attached hydrogens (tertiary/aromatic N) is 1. The molecule has 3 aromatic rings. The highest BCUT2D eigenvalue weighted by Crippen LogP contribution is 2.31. The first-order valence-electron chi connectivity index (χ1n) is 8.94. The molecule has 9 heteroatoms. The molecule has 2 amide bonds. The first-order valence-corrected chi connectivity index (χ1v) is 8.94. The Morgan fingerprint density at radius 1 is 1.00 bits per heavy atom. The number of aliphatic carboxylic acids is 1. The molecular weight excluding hydrogens is 388 g/mol. The zero-order chi connectivity index (χ0) is 21.7. The third-order valence-electron chi connectivity index (χ3n) is 4.33. The van der Waals surface area contributed by atoms with E-state index in [1.165, 1.54) is 0 Å². The fraction of sp³-hybridized carbons (Fsp3) is 0.0952. The average Bonchev–Trinajstić information content (AvgIpc) is 2.73. The van der Waals surface area contributed by atoms with Crippen LogP contribution in [0.25, 0.3) is 22.4 Å². The van der Waals surface area contributed by atoms with Gasteiger partial charge in [-0.15, -0.1) is 0 Å². The van der Waals surface area contributed by atoms with E-state index in [4.69, 9.17) is 5.73 Å². The van der Waals surface area contributed by atoms with Gasteiger partial charge in [-0.1, -0.05) is 60.7 Å². The molecule has 0 aliphatic rings. The molecule has 30 heavy (non-hydrogen) atoms. The van der Waals surface area contributed by atoms with Crippen LogP contribution >= 0.6 is 0 Å². The van der Waals surface area contributed by atoms with Crippen molar-refractivity contribution in [2.75, 3.05) is 0 Å². The molecule has 0 saturated heterocycles. The maximum Gasteiger partial charge on any atom is 0.326 e. The minimum atomic E-state index is -1.58. The summed E-state index contributed by atoms with van der Waals surface area (Å²) in [6.45, 7) is 0. The Bertz CT molecular complexity index is 1140. The minimum absolute atomic E-state index is 0.242. The lowest BCUT2D eigenvalue weighted by molar-refractivity contribution is -0.140. The average molecular weight is 406 g/mol. The van der Waals surface area contributed by atoms with Crippen LogP contribution in [0, 0.1) is 0 Å². The van der Waals surface area contributed by atoms with Gasteiger partial charge in [0.05, 0.1) is 12.1 Å². The molecule has 0 fully saturated rings. The number of carboxylic acid groups (broad SMARTS) is 1. The van der Waals surface area contributed by atoms with Crippen LogP contribution < -0.4 is 16.6 Å². The second-order valence-electron chi connectivity index (χ2n) is 6.42. The summed E-state index contributed by atoms with van der Waals surface area (Å²) in [4.78, 5) is 48.1. The number of nitrogens with one attached hydrogen (secondary N) is 2. The largest absolute Gasteiger partial charge is 0.480 e. The van der Waals surface area contributed by atoms with Crippen LogP contribution in [-0.4, -0.2) is 39.1 Å². The van der Waals surface area contributed by atoms with Crippen LogP contribution in [0.4, 0.5) is 0 Å². The lowest BCUT2D eigenvalue weighted by Gasteiger charge is -2.16. The van der Waals surface area contributed by atoms with Crippen molar-refractivity contribution in [3.8, 4) is 22.4 Å². The van der Waals surface area contributed by atoms with Crippen LogP contribution in [0.15, 0.2) is 65.5 Å². The highest BCUT2D eigenvalue weighted by atomic mass is 16.4. The van der Waals surface area contributed by atoms with Crippen molar-refractivity contribution < 1.29 is 19.5 Å². The number of carbonyl (C=O) groups excluding carboxylic acids is 2. The summed E-state index contributed by atoms with van der Waals surface area (Å²) in [6.07, 6.45) is -0.615. The van der Waals surface area contributed by atoms with Gasteiger partial charge in [0.1, 0.15) is 11.6 Å². The molecule has 0 aliphatic carbocycles. The Morgan fingerprint density at radius 3 is 2.10 bits per heavy atom. The molecule has 3 rings (SSSR count). The van der Waals surface area contributed by atoms with E-state index >= 15 is 0 Å². The summed E-state index contributed by atoms with van der Waals surface area (Å²) in [5, 5.41) is 17.9. The summed E-state index contributed by atoms with van der Waals surface area (Å²) in [6, 6.07) is 16.0. The number of H-pyrrole nitrogens is 1.